The van der Waals surface area contributed by atoms with E-state index in [2.05, 4.69) is 20.5 Å². The van der Waals surface area contributed by atoms with Crippen molar-refractivity contribution in [2.75, 3.05) is 5.43 Å². The van der Waals surface area contributed by atoms with Gasteiger partial charge in [-0.1, -0.05) is 54.1 Å². The zero-order valence-corrected chi connectivity index (χ0v) is 14.6. The number of hydrogen-bond donors (Lipinski definition) is 1. The van der Waals surface area contributed by atoms with Gasteiger partial charge in [0.05, 0.1) is 11.9 Å². The van der Waals surface area contributed by atoms with E-state index in [9.17, 15) is 0 Å². The van der Waals surface area contributed by atoms with E-state index in [4.69, 9.17) is 11.6 Å². The van der Waals surface area contributed by atoms with Crippen molar-refractivity contribution in [3.63, 3.8) is 0 Å². The van der Waals surface area contributed by atoms with E-state index in [-0.39, 0.29) is 0 Å². The highest BCUT2D eigenvalue weighted by molar-refractivity contribution is 7.14. The van der Waals surface area contributed by atoms with Crippen LogP contribution in [0.3, 0.4) is 0 Å². The van der Waals surface area contributed by atoms with E-state index < -0.39 is 0 Å². The molecule has 0 fully saturated rings. The quantitative estimate of drug-likeness (QED) is 0.297. The molecular formula is C19H13ClN4S. The average Bonchev–Trinajstić information content (AvgIpc) is 3.11. The summed E-state index contributed by atoms with van der Waals surface area (Å²) in [5.41, 5.74) is 5.99. The van der Waals surface area contributed by atoms with Crippen LogP contribution < -0.4 is 5.43 Å². The molecule has 0 saturated carbocycles. The van der Waals surface area contributed by atoms with Crippen LogP contribution in [-0.2, 0) is 0 Å². The summed E-state index contributed by atoms with van der Waals surface area (Å²) in [5.74, 6) is 0. The number of benzene rings is 2. The predicted molar refractivity (Wildman–Crippen MR) is 106 cm³/mol. The molecule has 0 saturated heterocycles. The first-order chi connectivity index (χ1) is 12.3. The number of fused-ring (bicyclic) bond motifs is 1. The topological polar surface area (TPSA) is 50.2 Å². The normalized spacial score (nSPS) is 11.2. The molecule has 2 aromatic heterocycles. The summed E-state index contributed by atoms with van der Waals surface area (Å²) in [6.07, 6.45) is 3.52. The molecule has 4 rings (SSSR count). The summed E-state index contributed by atoms with van der Waals surface area (Å²) in [5, 5.41) is 9.61. The molecule has 0 radical (unpaired) electrons. The van der Waals surface area contributed by atoms with Crippen LogP contribution in [0.2, 0.25) is 5.15 Å². The van der Waals surface area contributed by atoms with Crippen molar-refractivity contribution in [1.82, 2.24) is 9.97 Å². The molecule has 0 aliphatic heterocycles. The highest BCUT2D eigenvalue weighted by Gasteiger charge is 2.03. The minimum absolute atomic E-state index is 0.494. The van der Waals surface area contributed by atoms with E-state index >= 15 is 0 Å². The molecule has 1 N–H and O–H groups in total. The van der Waals surface area contributed by atoms with Gasteiger partial charge in [-0.2, -0.15) is 5.10 Å². The van der Waals surface area contributed by atoms with Gasteiger partial charge < -0.3 is 0 Å². The molecule has 6 heteroatoms. The Morgan fingerprint density at radius 2 is 1.92 bits per heavy atom. The molecule has 2 aromatic carbocycles. The Hall–Kier alpha value is -2.76. The van der Waals surface area contributed by atoms with Crippen LogP contribution in [0.1, 0.15) is 5.56 Å². The van der Waals surface area contributed by atoms with Gasteiger partial charge in [0.15, 0.2) is 0 Å². The number of hydrogen-bond acceptors (Lipinski definition) is 5. The Morgan fingerprint density at radius 1 is 1.04 bits per heavy atom. The van der Waals surface area contributed by atoms with Gasteiger partial charge >= 0.3 is 0 Å². The molecule has 0 aliphatic carbocycles. The number of aromatic nitrogens is 2. The van der Waals surface area contributed by atoms with E-state index in [0.29, 0.717) is 5.15 Å². The molecule has 0 spiro atoms. The molecule has 25 heavy (non-hydrogen) atoms. The highest BCUT2D eigenvalue weighted by Crippen LogP contribution is 2.24. The second-order valence-corrected chi connectivity index (χ2v) is 6.63. The van der Waals surface area contributed by atoms with Crippen LogP contribution in [0, 0.1) is 0 Å². The van der Waals surface area contributed by atoms with Crippen LogP contribution in [0.5, 0.6) is 0 Å². The van der Waals surface area contributed by atoms with E-state index in [0.717, 1.165) is 32.7 Å². The van der Waals surface area contributed by atoms with Crippen molar-refractivity contribution >= 4 is 45.1 Å². The molecule has 0 bridgehead atoms. The maximum absolute atomic E-state index is 5.90. The molecule has 4 aromatic rings. The Kier molecular flexibility index (Phi) is 4.41. The van der Waals surface area contributed by atoms with Gasteiger partial charge in [-0.3, -0.25) is 5.43 Å². The highest BCUT2D eigenvalue weighted by atomic mass is 35.5. The number of rotatable bonds is 4. The number of pyridine rings is 1. The predicted octanol–water partition coefficient (Wildman–Crippen LogP) is 5.46. The third kappa shape index (κ3) is 3.68. The summed E-state index contributed by atoms with van der Waals surface area (Å²) in [6, 6.07) is 17.9. The number of nitrogens with one attached hydrogen (secondary N) is 1. The second kappa shape index (κ2) is 7.01. The Bertz CT molecular complexity index is 1040. The van der Waals surface area contributed by atoms with Crippen LogP contribution in [0.15, 0.2) is 71.3 Å². The molecule has 2 heterocycles. The summed E-state index contributed by atoms with van der Waals surface area (Å²) >= 11 is 7.43. The fourth-order valence-corrected chi connectivity index (χ4v) is 3.28. The molecule has 4 nitrogen and oxygen atoms in total. The molecule has 0 amide bonds. The largest absolute Gasteiger partial charge is 0.253 e. The summed E-state index contributed by atoms with van der Waals surface area (Å²) in [7, 11) is 0. The molecular weight excluding hydrogens is 352 g/mol. The van der Waals surface area contributed by atoms with Gasteiger partial charge in [-0.05, 0) is 23.1 Å². The van der Waals surface area contributed by atoms with Crippen LogP contribution in [0.25, 0.3) is 22.0 Å². The lowest BCUT2D eigenvalue weighted by Crippen LogP contribution is -1.90. The Balaban J connectivity index is 1.48. The fourth-order valence-electron chi connectivity index (χ4n) is 2.44. The van der Waals surface area contributed by atoms with E-state index in [1.165, 1.54) is 11.3 Å². The smallest absolute Gasteiger partial charge is 0.203 e. The second-order valence-electron chi connectivity index (χ2n) is 5.39. The van der Waals surface area contributed by atoms with Crippen molar-refractivity contribution in [1.29, 1.82) is 0 Å². The van der Waals surface area contributed by atoms with Gasteiger partial charge in [-0.15, -0.1) is 11.3 Å². The number of nitrogens with zero attached hydrogens (tertiary/aromatic N) is 3. The van der Waals surface area contributed by atoms with Gasteiger partial charge in [0.1, 0.15) is 5.15 Å². The first-order valence-electron chi connectivity index (χ1n) is 7.63. The molecule has 122 valence electrons. The van der Waals surface area contributed by atoms with Crippen molar-refractivity contribution < 1.29 is 0 Å². The van der Waals surface area contributed by atoms with E-state index in [1.54, 1.807) is 12.4 Å². The van der Waals surface area contributed by atoms with Crippen molar-refractivity contribution in [3.05, 3.63) is 76.9 Å². The van der Waals surface area contributed by atoms with Crippen LogP contribution in [0.4, 0.5) is 5.13 Å². The monoisotopic (exact) mass is 364 g/mol. The first-order valence-corrected chi connectivity index (χ1v) is 8.89. The molecule has 0 unspecified atom stereocenters. The lowest BCUT2D eigenvalue weighted by molar-refractivity contribution is 1.29. The third-order valence-corrected chi connectivity index (χ3v) is 4.61. The maximum atomic E-state index is 5.90. The number of anilines is 1. The van der Waals surface area contributed by atoms with Crippen LogP contribution in [-0.4, -0.2) is 16.2 Å². The standard InChI is InChI=1S/C19H13ClN4S/c20-18-9-15-7-6-13(8-16(15)11-21-18)10-22-24-19-23-17(12-25-19)14-4-2-1-3-5-14/h1-12H,(H,23,24). The fraction of sp³-hybridized carbons (Fsp3) is 0. The third-order valence-electron chi connectivity index (χ3n) is 3.66. The summed E-state index contributed by atoms with van der Waals surface area (Å²) in [6.45, 7) is 0. The minimum Gasteiger partial charge on any atom is -0.253 e. The SMILES string of the molecule is Clc1cc2ccc(C=NNc3nc(-c4ccccc4)cs3)cc2cn1. The van der Waals surface area contributed by atoms with E-state index in [1.807, 2.05) is 60.0 Å². The van der Waals surface area contributed by atoms with Crippen molar-refractivity contribution in [3.8, 4) is 11.3 Å². The van der Waals surface area contributed by atoms with Gasteiger partial charge in [0, 0.05) is 22.5 Å². The number of hydrazone groups is 1. The van der Waals surface area contributed by atoms with Crippen molar-refractivity contribution in [2.24, 2.45) is 5.10 Å². The zero-order valence-electron chi connectivity index (χ0n) is 13.1. The van der Waals surface area contributed by atoms with Gasteiger partial charge in [0.25, 0.3) is 0 Å². The average molecular weight is 365 g/mol. The van der Waals surface area contributed by atoms with Crippen molar-refractivity contribution in [2.45, 2.75) is 0 Å². The molecule has 0 aliphatic rings. The Morgan fingerprint density at radius 3 is 2.80 bits per heavy atom. The lowest BCUT2D eigenvalue weighted by Gasteiger charge is -2.00. The van der Waals surface area contributed by atoms with Crippen LogP contribution >= 0.6 is 22.9 Å². The molecule has 0 atom stereocenters. The number of thiazole rings is 1. The lowest BCUT2D eigenvalue weighted by atomic mass is 10.1. The van der Waals surface area contributed by atoms with Gasteiger partial charge in [-0.25, -0.2) is 9.97 Å². The summed E-state index contributed by atoms with van der Waals surface area (Å²) < 4.78 is 0. The van der Waals surface area contributed by atoms with Gasteiger partial charge in [0.2, 0.25) is 5.13 Å². The number of halogens is 1. The maximum Gasteiger partial charge on any atom is 0.203 e. The Labute approximate surface area is 153 Å². The summed E-state index contributed by atoms with van der Waals surface area (Å²) in [4.78, 5) is 8.65. The minimum atomic E-state index is 0.494. The first kappa shape index (κ1) is 15.7. The zero-order chi connectivity index (χ0) is 17.1.